The van der Waals surface area contributed by atoms with Gasteiger partial charge in [-0.1, -0.05) is 0 Å². The Hall–Kier alpha value is -2.41. The number of benzene rings is 1. The third-order valence-electron chi connectivity index (χ3n) is 3.20. The second-order valence-electron chi connectivity index (χ2n) is 4.61. The number of amides is 1. The lowest BCUT2D eigenvalue weighted by molar-refractivity contribution is 0.101. The lowest BCUT2D eigenvalue weighted by atomic mass is 10.2. The van der Waals surface area contributed by atoms with Crippen molar-refractivity contribution in [2.75, 3.05) is 5.32 Å². The molecule has 3 aromatic rings. The zero-order chi connectivity index (χ0) is 15.5. The Kier molecular flexibility index (Phi) is 4.06. The molecule has 0 aliphatic carbocycles. The number of carbonyl (C=O) groups is 1. The van der Waals surface area contributed by atoms with Gasteiger partial charge < -0.3 is 5.32 Å². The normalized spacial score (nSPS) is 10.6. The number of anilines is 1. The van der Waals surface area contributed by atoms with Crippen molar-refractivity contribution in [3.63, 3.8) is 0 Å². The Bertz CT molecular complexity index is 777. The average Bonchev–Trinajstić information content (AvgIpc) is 3.17. The first kappa shape index (κ1) is 14.5. The molecule has 2 heterocycles. The van der Waals surface area contributed by atoms with Crippen LogP contribution >= 0.6 is 15.9 Å². The van der Waals surface area contributed by atoms with E-state index < -0.39 is 0 Å². The van der Waals surface area contributed by atoms with E-state index in [0.717, 1.165) is 11.4 Å². The van der Waals surface area contributed by atoms with Crippen molar-refractivity contribution in [2.45, 2.75) is 13.5 Å². The Morgan fingerprint density at radius 1 is 1.27 bits per heavy atom. The van der Waals surface area contributed by atoms with Crippen LogP contribution in [-0.4, -0.2) is 25.5 Å². The quantitative estimate of drug-likeness (QED) is 0.778. The molecule has 0 atom stereocenters. The first-order valence-corrected chi connectivity index (χ1v) is 7.61. The van der Waals surface area contributed by atoms with Crippen LogP contribution in [0.4, 0.5) is 5.69 Å². The van der Waals surface area contributed by atoms with Gasteiger partial charge in [-0.25, -0.2) is 4.68 Å². The summed E-state index contributed by atoms with van der Waals surface area (Å²) in [6, 6.07) is 9.34. The molecular formula is C15H14BrN5O. The SMILES string of the molecule is CCn1ncc(Br)c1C(=O)Nc1ccc(-n2cccn2)cc1. The zero-order valence-electron chi connectivity index (χ0n) is 11.9. The van der Waals surface area contributed by atoms with Gasteiger partial charge in [0.05, 0.1) is 16.4 Å². The summed E-state index contributed by atoms with van der Waals surface area (Å²) in [6.45, 7) is 2.57. The van der Waals surface area contributed by atoms with E-state index in [9.17, 15) is 4.79 Å². The van der Waals surface area contributed by atoms with Crippen molar-refractivity contribution >= 4 is 27.5 Å². The molecule has 6 nitrogen and oxygen atoms in total. The van der Waals surface area contributed by atoms with Gasteiger partial charge >= 0.3 is 0 Å². The fourth-order valence-corrected chi connectivity index (χ4v) is 2.61. The van der Waals surface area contributed by atoms with Crippen LogP contribution in [0.3, 0.4) is 0 Å². The Labute approximate surface area is 135 Å². The Morgan fingerprint density at radius 3 is 2.68 bits per heavy atom. The molecular weight excluding hydrogens is 346 g/mol. The lowest BCUT2D eigenvalue weighted by Gasteiger charge is -2.08. The van der Waals surface area contributed by atoms with Crippen molar-refractivity contribution in [3.8, 4) is 5.69 Å². The van der Waals surface area contributed by atoms with Crippen LogP contribution in [0.25, 0.3) is 5.69 Å². The van der Waals surface area contributed by atoms with Gasteiger partial charge in [-0.15, -0.1) is 0 Å². The van der Waals surface area contributed by atoms with Gasteiger partial charge in [0.15, 0.2) is 0 Å². The molecule has 2 aromatic heterocycles. The third-order valence-corrected chi connectivity index (χ3v) is 3.78. The molecule has 0 radical (unpaired) electrons. The maximum absolute atomic E-state index is 12.4. The highest BCUT2D eigenvalue weighted by molar-refractivity contribution is 9.10. The standard InChI is InChI=1S/C15H14BrN5O/c1-2-20-14(13(16)10-18-20)15(22)19-11-4-6-12(7-5-11)21-9-3-8-17-21/h3-10H,2H2,1H3,(H,19,22). The number of carbonyl (C=O) groups excluding carboxylic acids is 1. The minimum absolute atomic E-state index is 0.196. The van der Waals surface area contributed by atoms with Crippen LogP contribution in [0, 0.1) is 0 Å². The average molecular weight is 360 g/mol. The predicted molar refractivity (Wildman–Crippen MR) is 87.1 cm³/mol. The largest absolute Gasteiger partial charge is 0.321 e. The number of hydrogen-bond acceptors (Lipinski definition) is 3. The van der Waals surface area contributed by atoms with Gasteiger partial charge in [-0.2, -0.15) is 10.2 Å². The summed E-state index contributed by atoms with van der Waals surface area (Å²) in [5.41, 5.74) is 2.16. The second-order valence-corrected chi connectivity index (χ2v) is 5.46. The topological polar surface area (TPSA) is 64.7 Å². The van der Waals surface area contributed by atoms with Crippen LogP contribution in [0.2, 0.25) is 0 Å². The predicted octanol–water partition coefficient (Wildman–Crippen LogP) is 3.10. The Morgan fingerprint density at radius 2 is 2.05 bits per heavy atom. The Balaban J connectivity index is 1.78. The molecule has 0 spiro atoms. The molecule has 0 aliphatic rings. The molecule has 0 saturated carbocycles. The van der Waals surface area contributed by atoms with Gasteiger partial charge in [-0.3, -0.25) is 9.48 Å². The van der Waals surface area contributed by atoms with Gasteiger partial charge in [0.2, 0.25) is 0 Å². The van der Waals surface area contributed by atoms with Gasteiger partial charge in [0, 0.05) is 24.6 Å². The van der Waals surface area contributed by atoms with Gasteiger partial charge in [-0.05, 0) is 53.2 Å². The van der Waals surface area contributed by atoms with Crippen LogP contribution in [0.1, 0.15) is 17.4 Å². The summed E-state index contributed by atoms with van der Waals surface area (Å²) < 4.78 is 4.09. The van der Waals surface area contributed by atoms with E-state index >= 15 is 0 Å². The number of nitrogens with zero attached hydrogens (tertiary/aromatic N) is 4. The number of rotatable bonds is 4. The molecule has 7 heteroatoms. The lowest BCUT2D eigenvalue weighted by Crippen LogP contribution is -2.18. The van der Waals surface area contributed by atoms with Crippen LogP contribution in [-0.2, 0) is 6.54 Å². The molecule has 0 unspecified atom stereocenters. The van der Waals surface area contributed by atoms with E-state index in [4.69, 9.17) is 0 Å². The van der Waals surface area contributed by atoms with Crippen molar-refractivity contribution in [3.05, 3.63) is 59.1 Å². The summed E-state index contributed by atoms with van der Waals surface area (Å²) in [5, 5.41) is 11.2. The second kappa shape index (κ2) is 6.15. The van der Waals surface area contributed by atoms with E-state index in [-0.39, 0.29) is 5.91 Å². The zero-order valence-corrected chi connectivity index (χ0v) is 13.5. The van der Waals surface area contributed by atoms with Crippen LogP contribution in [0.5, 0.6) is 0 Å². The number of hydrogen-bond donors (Lipinski definition) is 1. The van der Waals surface area contributed by atoms with Crippen molar-refractivity contribution in [1.82, 2.24) is 19.6 Å². The summed E-state index contributed by atoms with van der Waals surface area (Å²) in [5.74, 6) is -0.196. The van der Waals surface area contributed by atoms with E-state index in [2.05, 4.69) is 31.4 Å². The molecule has 3 rings (SSSR count). The highest BCUT2D eigenvalue weighted by Gasteiger charge is 2.16. The summed E-state index contributed by atoms with van der Waals surface area (Å²) in [6.07, 6.45) is 5.21. The van der Waals surface area contributed by atoms with E-state index in [0.29, 0.717) is 16.7 Å². The van der Waals surface area contributed by atoms with E-state index in [1.54, 1.807) is 21.8 Å². The van der Waals surface area contributed by atoms with E-state index in [1.807, 2.05) is 43.5 Å². The molecule has 0 bridgehead atoms. The fraction of sp³-hybridized carbons (Fsp3) is 0.133. The van der Waals surface area contributed by atoms with Gasteiger partial charge in [0.25, 0.3) is 5.91 Å². The molecule has 1 N–H and O–H groups in total. The highest BCUT2D eigenvalue weighted by Crippen LogP contribution is 2.19. The van der Waals surface area contributed by atoms with Gasteiger partial charge in [0.1, 0.15) is 5.69 Å². The molecule has 1 aromatic carbocycles. The minimum atomic E-state index is -0.196. The van der Waals surface area contributed by atoms with Crippen LogP contribution < -0.4 is 5.32 Å². The number of aromatic nitrogens is 4. The molecule has 112 valence electrons. The number of aryl methyl sites for hydroxylation is 1. The molecule has 22 heavy (non-hydrogen) atoms. The third kappa shape index (κ3) is 2.80. The summed E-state index contributed by atoms with van der Waals surface area (Å²) >= 11 is 3.35. The number of nitrogens with one attached hydrogen (secondary N) is 1. The van der Waals surface area contributed by atoms with Crippen molar-refractivity contribution in [1.29, 1.82) is 0 Å². The molecule has 0 saturated heterocycles. The van der Waals surface area contributed by atoms with Crippen molar-refractivity contribution < 1.29 is 4.79 Å². The smallest absolute Gasteiger partial charge is 0.275 e. The highest BCUT2D eigenvalue weighted by atomic mass is 79.9. The maximum atomic E-state index is 12.4. The fourth-order valence-electron chi connectivity index (χ4n) is 2.14. The number of halogens is 1. The van der Waals surface area contributed by atoms with Crippen molar-refractivity contribution in [2.24, 2.45) is 0 Å². The molecule has 1 amide bonds. The summed E-state index contributed by atoms with van der Waals surface area (Å²) in [4.78, 5) is 12.4. The maximum Gasteiger partial charge on any atom is 0.275 e. The minimum Gasteiger partial charge on any atom is -0.321 e. The molecule has 0 aliphatic heterocycles. The van der Waals surface area contributed by atoms with Crippen LogP contribution in [0.15, 0.2) is 53.4 Å². The molecule has 0 fully saturated rings. The van der Waals surface area contributed by atoms with E-state index in [1.165, 1.54) is 0 Å². The monoisotopic (exact) mass is 359 g/mol. The summed E-state index contributed by atoms with van der Waals surface area (Å²) in [7, 11) is 0. The first-order valence-electron chi connectivity index (χ1n) is 6.81. The first-order chi connectivity index (χ1) is 10.7.